The smallest absolute Gasteiger partial charge is 0.201 e. The fraction of sp³-hybridized carbons (Fsp3) is 0. The molecule has 0 atom stereocenters. The Morgan fingerprint density at radius 1 is 0.556 bits per heavy atom. The highest BCUT2D eigenvalue weighted by atomic mass is 16.1. The number of hydrogen-bond acceptors (Lipinski definition) is 4. The zero-order valence-electron chi connectivity index (χ0n) is 9.59. The van der Waals surface area contributed by atoms with Crippen molar-refractivity contribution >= 4 is 11.4 Å². The lowest BCUT2D eigenvalue weighted by Crippen LogP contribution is -2.01. The van der Waals surface area contributed by atoms with Crippen molar-refractivity contribution in [3.8, 4) is 11.1 Å². The van der Waals surface area contributed by atoms with E-state index in [0.29, 0.717) is 0 Å². The number of nitrogens with two attached hydrogens (primary N) is 2. The molecule has 90 valence electrons. The van der Waals surface area contributed by atoms with Gasteiger partial charge in [0.05, 0.1) is 11.4 Å². The molecule has 4 heteroatoms. The summed E-state index contributed by atoms with van der Waals surface area (Å²) in [6.45, 7) is 0. The first kappa shape index (κ1) is 11.9. The maximum atomic E-state index is 11.4. The second kappa shape index (κ2) is 4.71. The predicted molar refractivity (Wildman–Crippen MR) is 73.2 cm³/mol. The van der Waals surface area contributed by atoms with Crippen molar-refractivity contribution in [3.63, 3.8) is 0 Å². The highest BCUT2D eigenvalue weighted by Crippen LogP contribution is 2.16. The van der Waals surface area contributed by atoms with Gasteiger partial charge in [0, 0.05) is 0 Å². The molecule has 0 aliphatic heterocycles. The van der Waals surface area contributed by atoms with E-state index in [1.165, 1.54) is 12.1 Å². The van der Waals surface area contributed by atoms with Crippen LogP contribution in [0.15, 0.2) is 58.1 Å². The van der Waals surface area contributed by atoms with Crippen molar-refractivity contribution in [2.24, 2.45) is 0 Å². The third-order valence-corrected chi connectivity index (χ3v) is 2.62. The zero-order valence-corrected chi connectivity index (χ0v) is 9.59. The lowest BCUT2D eigenvalue weighted by molar-refractivity contribution is 1.65. The Labute approximate surface area is 104 Å². The summed E-state index contributed by atoms with van der Waals surface area (Å²) in [7, 11) is 0. The molecule has 2 aromatic rings. The van der Waals surface area contributed by atoms with Crippen LogP contribution in [-0.2, 0) is 0 Å². The van der Waals surface area contributed by atoms with Crippen LogP contribution in [0, 0.1) is 0 Å². The van der Waals surface area contributed by atoms with Crippen molar-refractivity contribution in [1.82, 2.24) is 0 Å². The summed E-state index contributed by atoms with van der Waals surface area (Å²) in [6, 6.07) is 12.7. The van der Waals surface area contributed by atoms with Gasteiger partial charge in [0.15, 0.2) is 0 Å². The molecule has 0 spiro atoms. The van der Waals surface area contributed by atoms with E-state index in [4.69, 9.17) is 11.5 Å². The Kier molecular flexibility index (Phi) is 3.10. The third-order valence-electron chi connectivity index (χ3n) is 2.62. The molecule has 0 radical (unpaired) electrons. The SMILES string of the molecule is Nc1ccc(-c2ccc(N)c(=O)cc2)ccc1=O. The normalized spacial score (nSPS) is 10.0. The van der Waals surface area contributed by atoms with Crippen molar-refractivity contribution in [2.75, 3.05) is 11.5 Å². The van der Waals surface area contributed by atoms with Crippen LogP contribution in [0.2, 0.25) is 0 Å². The summed E-state index contributed by atoms with van der Waals surface area (Å²) in [6.07, 6.45) is 0. The molecule has 2 rings (SSSR count). The Bertz CT molecular complexity index is 649. The molecule has 0 fully saturated rings. The van der Waals surface area contributed by atoms with Gasteiger partial charge in [0.1, 0.15) is 0 Å². The van der Waals surface area contributed by atoms with Gasteiger partial charge in [-0.2, -0.15) is 0 Å². The highest BCUT2D eigenvalue weighted by molar-refractivity contribution is 5.64. The number of hydrogen-bond donors (Lipinski definition) is 2. The number of rotatable bonds is 1. The van der Waals surface area contributed by atoms with Gasteiger partial charge in [-0.15, -0.1) is 0 Å². The van der Waals surface area contributed by atoms with Crippen LogP contribution in [0.3, 0.4) is 0 Å². The monoisotopic (exact) mass is 240 g/mol. The minimum atomic E-state index is -0.231. The first-order chi connectivity index (χ1) is 8.58. The molecular weight excluding hydrogens is 228 g/mol. The minimum absolute atomic E-state index is 0.186. The van der Waals surface area contributed by atoms with E-state index in [1.54, 1.807) is 36.4 Å². The molecule has 4 nitrogen and oxygen atoms in total. The summed E-state index contributed by atoms with van der Waals surface area (Å²) in [5, 5.41) is 0. The summed E-state index contributed by atoms with van der Waals surface area (Å²) in [4.78, 5) is 22.8. The van der Waals surface area contributed by atoms with E-state index in [1.807, 2.05) is 0 Å². The van der Waals surface area contributed by atoms with E-state index >= 15 is 0 Å². The molecule has 0 aliphatic rings. The minimum Gasteiger partial charge on any atom is -0.396 e. The van der Waals surface area contributed by atoms with Gasteiger partial charge in [-0.1, -0.05) is 24.3 Å². The molecule has 4 N–H and O–H groups in total. The molecule has 2 aromatic carbocycles. The molecule has 0 aliphatic carbocycles. The fourth-order valence-electron chi connectivity index (χ4n) is 1.54. The summed E-state index contributed by atoms with van der Waals surface area (Å²) < 4.78 is 0. The quantitative estimate of drug-likeness (QED) is 0.785. The molecule has 0 amide bonds. The molecule has 0 heterocycles. The molecule has 0 aromatic heterocycles. The lowest BCUT2D eigenvalue weighted by Gasteiger charge is -1.93. The van der Waals surface area contributed by atoms with Crippen LogP contribution in [0.1, 0.15) is 0 Å². The second-order valence-electron chi connectivity index (χ2n) is 3.88. The zero-order chi connectivity index (χ0) is 13.1. The van der Waals surface area contributed by atoms with Gasteiger partial charge in [-0.05, 0) is 35.4 Å². The fourth-order valence-corrected chi connectivity index (χ4v) is 1.54. The van der Waals surface area contributed by atoms with Crippen LogP contribution in [0.4, 0.5) is 11.4 Å². The highest BCUT2D eigenvalue weighted by Gasteiger charge is 1.98. The van der Waals surface area contributed by atoms with Crippen molar-refractivity contribution in [1.29, 1.82) is 0 Å². The van der Waals surface area contributed by atoms with Crippen LogP contribution in [0.25, 0.3) is 11.1 Å². The number of nitrogen functional groups attached to an aromatic ring is 2. The van der Waals surface area contributed by atoms with Crippen molar-refractivity contribution in [2.45, 2.75) is 0 Å². The van der Waals surface area contributed by atoms with Crippen LogP contribution in [0.5, 0.6) is 0 Å². The average Bonchev–Trinajstić information content (AvgIpc) is 2.62. The van der Waals surface area contributed by atoms with Gasteiger partial charge in [0.2, 0.25) is 10.9 Å². The predicted octanol–water partition coefficient (Wildman–Crippen LogP) is 1.24. The van der Waals surface area contributed by atoms with Gasteiger partial charge in [-0.25, -0.2) is 0 Å². The summed E-state index contributed by atoms with van der Waals surface area (Å²) in [5.41, 5.74) is 12.6. The number of anilines is 2. The Morgan fingerprint density at radius 3 is 1.28 bits per heavy atom. The van der Waals surface area contributed by atoms with Gasteiger partial charge in [0.25, 0.3) is 0 Å². The largest absolute Gasteiger partial charge is 0.396 e. The van der Waals surface area contributed by atoms with Crippen LogP contribution in [-0.4, -0.2) is 0 Å². The summed E-state index contributed by atoms with van der Waals surface area (Å²) >= 11 is 0. The maximum absolute atomic E-state index is 11.4. The topological polar surface area (TPSA) is 86.2 Å². The Balaban J connectivity index is 2.64. The van der Waals surface area contributed by atoms with E-state index in [9.17, 15) is 9.59 Å². The van der Waals surface area contributed by atoms with Gasteiger partial charge < -0.3 is 11.5 Å². The molecule has 0 unspecified atom stereocenters. The molecule has 0 saturated carbocycles. The molecule has 18 heavy (non-hydrogen) atoms. The van der Waals surface area contributed by atoms with Gasteiger partial charge in [-0.3, -0.25) is 9.59 Å². The Hall–Kier alpha value is -2.62. The lowest BCUT2D eigenvalue weighted by atomic mass is 10.1. The van der Waals surface area contributed by atoms with Crippen LogP contribution >= 0.6 is 0 Å². The van der Waals surface area contributed by atoms with E-state index < -0.39 is 0 Å². The molecule has 0 bridgehead atoms. The van der Waals surface area contributed by atoms with E-state index in [-0.39, 0.29) is 22.2 Å². The second-order valence-corrected chi connectivity index (χ2v) is 3.88. The standard InChI is InChI=1S/C14H12N2O2/c15-11-5-1-9(3-7-13(11)17)10-2-6-12(16)14(18)8-4-10/h1-8H,(H2,15,17)(H2,16,18). The first-order valence-corrected chi connectivity index (χ1v) is 5.38. The maximum Gasteiger partial charge on any atom is 0.201 e. The first-order valence-electron chi connectivity index (χ1n) is 5.38. The van der Waals surface area contributed by atoms with E-state index in [0.717, 1.165) is 11.1 Å². The third kappa shape index (κ3) is 2.38. The molecular formula is C14H12N2O2. The van der Waals surface area contributed by atoms with Gasteiger partial charge >= 0.3 is 0 Å². The van der Waals surface area contributed by atoms with Crippen LogP contribution < -0.4 is 22.3 Å². The average molecular weight is 240 g/mol. The van der Waals surface area contributed by atoms with Crippen molar-refractivity contribution in [3.05, 3.63) is 69.0 Å². The summed E-state index contributed by atoms with van der Waals surface area (Å²) in [5.74, 6) is 0. The van der Waals surface area contributed by atoms with Crippen molar-refractivity contribution < 1.29 is 0 Å². The Morgan fingerprint density at radius 2 is 0.889 bits per heavy atom. The molecule has 0 saturated heterocycles. The van der Waals surface area contributed by atoms with E-state index in [2.05, 4.69) is 0 Å².